The summed E-state index contributed by atoms with van der Waals surface area (Å²) in [7, 11) is 1.56. The number of aliphatic hydroxyl groups excluding tert-OH is 1. The van der Waals surface area contributed by atoms with Gasteiger partial charge in [0.2, 0.25) is 0 Å². The monoisotopic (exact) mass is 291 g/mol. The van der Waals surface area contributed by atoms with Crippen LogP contribution in [0, 0.1) is 0 Å². The predicted octanol–water partition coefficient (Wildman–Crippen LogP) is 2.64. The van der Waals surface area contributed by atoms with Gasteiger partial charge in [-0.3, -0.25) is 0 Å². The number of hydrogen-bond donors (Lipinski definition) is 2. The second kappa shape index (κ2) is 7.15. The highest BCUT2D eigenvalue weighted by Gasteiger charge is 2.24. The van der Waals surface area contributed by atoms with Gasteiger partial charge in [-0.05, 0) is 36.2 Å². The molecule has 0 saturated carbocycles. The summed E-state index contributed by atoms with van der Waals surface area (Å²) in [4.78, 5) is 0. The Morgan fingerprint density at radius 2 is 2.10 bits per heavy atom. The summed E-state index contributed by atoms with van der Waals surface area (Å²) in [6.07, 6.45) is 1.96. The maximum absolute atomic E-state index is 9.18. The van der Waals surface area contributed by atoms with E-state index in [2.05, 4.69) is 0 Å². The Labute approximate surface area is 124 Å². The molecule has 0 amide bonds. The van der Waals surface area contributed by atoms with Crippen molar-refractivity contribution in [3.05, 3.63) is 47.9 Å². The first-order valence-electron chi connectivity index (χ1n) is 6.93. The summed E-state index contributed by atoms with van der Waals surface area (Å²) in [6.45, 7) is 1.95. The molecule has 0 bridgehead atoms. The van der Waals surface area contributed by atoms with Crippen LogP contribution in [-0.4, -0.2) is 18.3 Å². The highest BCUT2D eigenvalue weighted by molar-refractivity contribution is 5.43. The van der Waals surface area contributed by atoms with E-state index in [1.54, 1.807) is 37.6 Å². The van der Waals surface area contributed by atoms with Crippen LogP contribution in [0.3, 0.4) is 0 Å². The van der Waals surface area contributed by atoms with Crippen molar-refractivity contribution in [2.45, 2.75) is 32.1 Å². The second-order valence-electron chi connectivity index (χ2n) is 4.77. The van der Waals surface area contributed by atoms with E-state index in [0.717, 1.165) is 12.0 Å². The number of aliphatic hydroxyl groups is 1. The molecule has 114 valence electrons. The summed E-state index contributed by atoms with van der Waals surface area (Å²) in [5.74, 6) is 1.80. The molecule has 2 aromatic rings. The van der Waals surface area contributed by atoms with Gasteiger partial charge in [0, 0.05) is 6.04 Å². The van der Waals surface area contributed by atoms with Crippen LogP contribution in [0.25, 0.3) is 0 Å². The van der Waals surface area contributed by atoms with Crippen molar-refractivity contribution in [2.75, 3.05) is 7.11 Å². The van der Waals surface area contributed by atoms with E-state index >= 15 is 0 Å². The van der Waals surface area contributed by atoms with Crippen LogP contribution in [0.15, 0.2) is 41.0 Å². The fraction of sp³-hybridized carbons (Fsp3) is 0.375. The van der Waals surface area contributed by atoms with Gasteiger partial charge >= 0.3 is 0 Å². The van der Waals surface area contributed by atoms with E-state index in [4.69, 9.17) is 19.6 Å². The molecule has 0 saturated heterocycles. The highest BCUT2D eigenvalue weighted by atomic mass is 16.5. The average molecular weight is 291 g/mol. The normalized spacial score (nSPS) is 13.7. The van der Waals surface area contributed by atoms with E-state index in [0.29, 0.717) is 17.3 Å². The number of rotatable bonds is 7. The van der Waals surface area contributed by atoms with Gasteiger partial charge in [-0.15, -0.1) is 0 Å². The zero-order valence-corrected chi connectivity index (χ0v) is 12.3. The van der Waals surface area contributed by atoms with E-state index < -0.39 is 0 Å². The lowest BCUT2D eigenvalue weighted by atomic mass is 10.1. The fourth-order valence-corrected chi connectivity index (χ4v) is 2.07. The van der Waals surface area contributed by atoms with Crippen LogP contribution in [0.5, 0.6) is 11.5 Å². The van der Waals surface area contributed by atoms with Gasteiger partial charge < -0.3 is 24.7 Å². The lowest BCUT2D eigenvalue weighted by Crippen LogP contribution is -2.31. The molecule has 0 aliphatic heterocycles. The smallest absolute Gasteiger partial charge is 0.171 e. The van der Waals surface area contributed by atoms with Crippen molar-refractivity contribution in [1.82, 2.24) is 0 Å². The Kier molecular flexibility index (Phi) is 5.25. The largest absolute Gasteiger partial charge is 0.493 e. The zero-order chi connectivity index (χ0) is 15.2. The molecule has 2 rings (SSSR count). The van der Waals surface area contributed by atoms with Gasteiger partial charge in [0.05, 0.1) is 20.0 Å². The van der Waals surface area contributed by atoms with Gasteiger partial charge in [0.1, 0.15) is 5.76 Å². The maximum Gasteiger partial charge on any atom is 0.171 e. The quantitative estimate of drug-likeness (QED) is 0.820. The number of furan rings is 1. The number of benzene rings is 1. The molecule has 5 nitrogen and oxygen atoms in total. The van der Waals surface area contributed by atoms with E-state index in [1.165, 1.54) is 0 Å². The Morgan fingerprint density at radius 3 is 2.67 bits per heavy atom. The lowest BCUT2D eigenvalue weighted by Gasteiger charge is -2.23. The lowest BCUT2D eigenvalue weighted by molar-refractivity contribution is 0.139. The van der Waals surface area contributed by atoms with Crippen LogP contribution < -0.4 is 15.2 Å². The Bertz CT molecular complexity index is 553. The average Bonchev–Trinajstić information content (AvgIpc) is 3.05. The van der Waals surface area contributed by atoms with Crippen LogP contribution in [0.1, 0.15) is 30.8 Å². The standard InChI is InChI=1S/C16H21NO4/c1-3-12(17)16(14-5-4-8-20-14)21-13-7-6-11(10-18)9-15(13)19-2/h4-9,12,16,18H,3,10,17H2,1-2H3. The van der Waals surface area contributed by atoms with Crippen molar-refractivity contribution in [2.24, 2.45) is 5.73 Å². The number of ether oxygens (including phenoxy) is 2. The zero-order valence-electron chi connectivity index (χ0n) is 12.3. The molecule has 1 aromatic carbocycles. The molecule has 5 heteroatoms. The minimum Gasteiger partial charge on any atom is -0.493 e. The highest BCUT2D eigenvalue weighted by Crippen LogP contribution is 2.33. The van der Waals surface area contributed by atoms with Gasteiger partial charge in [-0.25, -0.2) is 0 Å². The van der Waals surface area contributed by atoms with Crippen molar-refractivity contribution < 1.29 is 19.0 Å². The van der Waals surface area contributed by atoms with Gasteiger partial charge in [-0.2, -0.15) is 0 Å². The summed E-state index contributed by atoms with van der Waals surface area (Å²) >= 11 is 0. The molecule has 2 atom stereocenters. The van der Waals surface area contributed by atoms with Crippen molar-refractivity contribution in [1.29, 1.82) is 0 Å². The van der Waals surface area contributed by atoms with Gasteiger partial charge in [0.15, 0.2) is 17.6 Å². The van der Waals surface area contributed by atoms with E-state index in [-0.39, 0.29) is 18.8 Å². The molecule has 3 N–H and O–H groups in total. The van der Waals surface area contributed by atoms with Crippen LogP contribution in [-0.2, 0) is 6.61 Å². The van der Waals surface area contributed by atoms with Crippen molar-refractivity contribution in [3.8, 4) is 11.5 Å². The first-order valence-corrected chi connectivity index (χ1v) is 6.93. The number of nitrogens with two attached hydrogens (primary N) is 1. The third-order valence-corrected chi connectivity index (χ3v) is 3.35. The Morgan fingerprint density at radius 1 is 1.29 bits per heavy atom. The predicted molar refractivity (Wildman–Crippen MR) is 79.3 cm³/mol. The van der Waals surface area contributed by atoms with Crippen LogP contribution in [0.4, 0.5) is 0 Å². The van der Waals surface area contributed by atoms with Gasteiger partial charge in [0.25, 0.3) is 0 Å². The van der Waals surface area contributed by atoms with E-state index in [1.807, 2.05) is 13.0 Å². The molecule has 1 heterocycles. The Balaban J connectivity index is 2.28. The molecular formula is C16H21NO4. The molecular weight excluding hydrogens is 270 g/mol. The molecule has 21 heavy (non-hydrogen) atoms. The molecule has 0 aliphatic carbocycles. The number of hydrogen-bond acceptors (Lipinski definition) is 5. The third kappa shape index (κ3) is 3.56. The maximum atomic E-state index is 9.18. The second-order valence-corrected chi connectivity index (χ2v) is 4.77. The molecule has 0 fully saturated rings. The summed E-state index contributed by atoms with van der Waals surface area (Å²) in [6, 6.07) is 8.75. The topological polar surface area (TPSA) is 77.9 Å². The Hall–Kier alpha value is -1.98. The summed E-state index contributed by atoms with van der Waals surface area (Å²) in [5, 5.41) is 9.18. The number of methoxy groups -OCH3 is 1. The SMILES string of the molecule is CCC(N)C(Oc1ccc(CO)cc1OC)c1ccco1. The molecule has 0 spiro atoms. The first-order chi connectivity index (χ1) is 10.2. The van der Waals surface area contributed by atoms with Crippen LogP contribution >= 0.6 is 0 Å². The van der Waals surface area contributed by atoms with Crippen LogP contribution in [0.2, 0.25) is 0 Å². The summed E-state index contributed by atoms with van der Waals surface area (Å²) in [5.41, 5.74) is 6.90. The third-order valence-electron chi connectivity index (χ3n) is 3.35. The molecule has 1 aromatic heterocycles. The molecule has 0 aliphatic rings. The minimum absolute atomic E-state index is 0.0489. The molecule has 0 radical (unpaired) electrons. The minimum atomic E-state index is -0.390. The summed E-state index contributed by atoms with van der Waals surface area (Å²) < 4.78 is 16.7. The van der Waals surface area contributed by atoms with E-state index in [9.17, 15) is 5.11 Å². The van der Waals surface area contributed by atoms with Gasteiger partial charge in [-0.1, -0.05) is 13.0 Å². The molecule has 2 unspecified atom stereocenters. The first kappa shape index (κ1) is 15.4. The fourth-order valence-electron chi connectivity index (χ4n) is 2.07. The van der Waals surface area contributed by atoms with Crippen molar-refractivity contribution >= 4 is 0 Å². The van der Waals surface area contributed by atoms with Crippen molar-refractivity contribution in [3.63, 3.8) is 0 Å².